The number of pyridine rings is 1. The SMILES string of the molecule is CCCc1nc(=O)c(S(=O)(=O)c2ccc(-c3ccncc3C)cc2)c(O)n1[C@@H](COC)c1ccccc1. The van der Waals surface area contributed by atoms with E-state index in [1.165, 1.54) is 23.8 Å². The minimum Gasteiger partial charge on any atom is -0.493 e. The molecule has 0 saturated heterocycles. The van der Waals surface area contributed by atoms with Gasteiger partial charge in [-0.05, 0) is 53.8 Å². The van der Waals surface area contributed by atoms with Crippen molar-refractivity contribution in [3.63, 3.8) is 0 Å². The molecule has 4 rings (SSSR count). The summed E-state index contributed by atoms with van der Waals surface area (Å²) in [5.74, 6) is -0.359. The van der Waals surface area contributed by atoms with Gasteiger partial charge in [-0.3, -0.25) is 14.3 Å². The van der Waals surface area contributed by atoms with Crippen molar-refractivity contribution in [3.8, 4) is 17.0 Å². The lowest BCUT2D eigenvalue weighted by Crippen LogP contribution is -2.29. The first-order chi connectivity index (χ1) is 17.8. The van der Waals surface area contributed by atoms with Crippen LogP contribution in [0.5, 0.6) is 5.88 Å². The maximum Gasteiger partial charge on any atom is 0.296 e. The summed E-state index contributed by atoms with van der Waals surface area (Å²) >= 11 is 0. The van der Waals surface area contributed by atoms with E-state index in [4.69, 9.17) is 4.74 Å². The zero-order valence-electron chi connectivity index (χ0n) is 21.0. The third-order valence-corrected chi connectivity index (χ3v) is 7.98. The third kappa shape index (κ3) is 5.19. The molecule has 0 fully saturated rings. The van der Waals surface area contributed by atoms with Crippen LogP contribution in [0.1, 0.15) is 36.3 Å². The second-order valence-electron chi connectivity index (χ2n) is 8.71. The lowest BCUT2D eigenvalue weighted by atomic mass is 10.0. The summed E-state index contributed by atoms with van der Waals surface area (Å²) < 4.78 is 34.2. The summed E-state index contributed by atoms with van der Waals surface area (Å²) in [5.41, 5.74) is 2.46. The van der Waals surface area contributed by atoms with Crippen LogP contribution >= 0.6 is 0 Å². The van der Waals surface area contributed by atoms with Crippen LogP contribution in [0.3, 0.4) is 0 Å². The van der Waals surface area contributed by atoms with Crippen LogP contribution in [0, 0.1) is 6.92 Å². The van der Waals surface area contributed by atoms with Crippen molar-refractivity contribution in [2.24, 2.45) is 0 Å². The number of rotatable bonds is 9. The first-order valence-corrected chi connectivity index (χ1v) is 13.4. The number of nitrogens with zero attached hydrogens (tertiary/aromatic N) is 3. The highest BCUT2D eigenvalue weighted by atomic mass is 32.2. The molecule has 0 aliphatic carbocycles. The Kier molecular flexibility index (Phi) is 7.85. The molecule has 9 heteroatoms. The molecule has 0 unspecified atom stereocenters. The normalized spacial score (nSPS) is 12.4. The molecule has 0 saturated carbocycles. The van der Waals surface area contributed by atoms with E-state index in [1.54, 1.807) is 24.5 Å². The van der Waals surface area contributed by atoms with Crippen molar-refractivity contribution < 1.29 is 18.3 Å². The highest BCUT2D eigenvalue weighted by Gasteiger charge is 2.32. The first-order valence-electron chi connectivity index (χ1n) is 11.9. The van der Waals surface area contributed by atoms with Crippen molar-refractivity contribution in [1.29, 1.82) is 0 Å². The fourth-order valence-corrected chi connectivity index (χ4v) is 5.74. The molecule has 0 amide bonds. The topological polar surface area (TPSA) is 111 Å². The van der Waals surface area contributed by atoms with Gasteiger partial charge in [-0.1, -0.05) is 49.4 Å². The highest BCUT2D eigenvalue weighted by Crippen LogP contribution is 2.33. The molecule has 2 aromatic heterocycles. The smallest absolute Gasteiger partial charge is 0.296 e. The van der Waals surface area contributed by atoms with Crippen molar-refractivity contribution in [2.45, 2.75) is 42.5 Å². The standard InChI is InChI=1S/C28H29N3O5S/c1-4-8-25-30-27(32)26(28(33)31(25)24(18-36-3)21-9-6-5-7-10-21)37(34,35)22-13-11-20(12-14-22)23-15-16-29-17-19(23)2/h5-7,9-17,24,33H,4,8,18H2,1-3H3/t24-/m0/s1. The van der Waals surface area contributed by atoms with Gasteiger partial charge in [0.05, 0.1) is 17.5 Å². The predicted molar refractivity (Wildman–Crippen MR) is 140 cm³/mol. The minimum atomic E-state index is -4.39. The Balaban J connectivity index is 1.87. The van der Waals surface area contributed by atoms with Crippen molar-refractivity contribution in [3.05, 3.63) is 100 Å². The van der Waals surface area contributed by atoms with Crippen LogP contribution in [-0.2, 0) is 21.0 Å². The number of methoxy groups -OCH3 is 1. The quantitative estimate of drug-likeness (QED) is 0.350. The summed E-state index contributed by atoms with van der Waals surface area (Å²) in [7, 11) is -2.87. The number of sulfone groups is 1. The van der Waals surface area contributed by atoms with E-state index in [2.05, 4.69) is 9.97 Å². The summed E-state index contributed by atoms with van der Waals surface area (Å²) in [6.07, 6.45) is 4.41. The zero-order chi connectivity index (χ0) is 26.6. The largest absolute Gasteiger partial charge is 0.493 e. The zero-order valence-corrected chi connectivity index (χ0v) is 21.8. The number of aromatic nitrogens is 3. The molecule has 1 atom stereocenters. The molecule has 0 bridgehead atoms. The Morgan fingerprint density at radius 3 is 2.38 bits per heavy atom. The van der Waals surface area contributed by atoms with E-state index in [0.717, 1.165) is 22.3 Å². The lowest BCUT2D eigenvalue weighted by Gasteiger charge is -2.25. The Morgan fingerprint density at radius 2 is 1.76 bits per heavy atom. The Labute approximate surface area is 216 Å². The van der Waals surface area contributed by atoms with Gasteiger partial charge in [0.15, 0.2) is 4.90 Å². The average molecular weight is 520 g/mol. The van der Waals surface area contributed by atoms with Crippen LogP contribution in [0.25, 0.3) is 11.1 Å². The number of hydrogen-bond acceptors (Lipinski definition) is 7. The van der Waals surface area contributed by atoms with Crippen LogP contribution in [0.2, 0.25) is 0 Å². The number of ether oxygens (including phenoxy) is 1. The van der Waals surface area contributed by atoms with Crippen molar-refractivity contribution in [2.75, 3.05) is 13.7 Å². The fourth-order valence-electron chi connectivity index (χ4n) is 4.39. The lowest BCUT2D eigenvalue weighted by molar-refractivity contribution is 0.161. The minimum absolute atomic E-state index is 0.116. The van der Waals surface area contributed by atoms with Gasteiger partial charge in [0.25, 0.3) is 5.56 Å². The van der Waals surface area contributed by atoms with Crippen LogP contribution in [0.4, 0.5) is 0 Å². The first kappa shape index (κ1) is 26.2. The highest BCUT2D eigenvalue weighted by molar-refractivity contribution is 7.91. The van der Waals surface area contributed by atoms with Gasteiger partial charge in [0.2, 0.25) is 15.7 Å². The van der Waals surface area contributed by atoms with Gasteiger partial charge in [0, 0.05) is 25.9 Å². The number of benzene rings is 2. The molecule has 0 radical (unpaired) electrons. The molecule has 37 heavy (non-hydrogen) atoms. The van der Waals surface area contributed by atoms with Crippen molar-refractivity contribution >= 4 is 9.84 Å². The van der Waals surface area contributed by atoms with E-state index >= 15 is 0 Å². The Hall–Kier alpha value is -3.82. The van der Waals surface area contributed by atoms with Gasteiger partial charge in [-0.2, -0.15) is 4.98 Å². The number of aromatic hydroxyl groups is 1. The molecule has 2 heterocycles. The Morgan fingerprint density at radius 1 is 1.05 bits per heavy atom. The second-order valence-corrected chi connectivity index (χ2v) is 10.6. The average Bonchev–Trinajstić information content (AvgIpc) is 2.89. The van der Waals surface area contributed by atoms with Gasteiger partial charge >= 0.3 is 0 Å². The van der Waals surface area contributed by atoms with E-state index in [0.29, 0.717) is 18.7 Å². The summed E-state index contributed by atoms with van der Waals surface area (Å²) in [6, 6.07) is 16.7. The molecule has 192 valence electrons. The maximum absolute atomic E-state index is 13.7. The van der Waals surface area contributed by atoms with Crippen molar-refractivity contribution in [1.82, 2.24) is 14.5 Å². The van der Waals surface area contributed by atoms with Crippen LogP contribution < -0.4 is 5.56 Å². The van der Waals surface area contributed by atoms with Gasteiger partial charge in [-0.25, -0.2) is 8.42 Å². The molecular weight excluding hydrogens is 490 g/mol. The van der Waals surface area contributed by atoms with Gasteiger partial charge in [-0.15, -0.1) is 0 Å². The number of hydrogen-bond donors (Lipinski definition) is 1. The molecule has 4 aromatic rings. The van der Waals surface area contributed by atoms with Crippen LogP contribution in [-0.4, -0.2) is 41.8 Å². The molecule has 0 aliphatic rings. The molecule has 0 spiro atoms. The Bertz CT molecular complexity index is 1550. The monoisotopic (exact) mass is 519 g/mol. The van der Waals surface area contributed by atoms with E-state index in [1.807, 2.05) is 50.2 Å². The van der Waals surface area contributed by atoms with E-state index < -0.39 is 32.2 Å². The number of aryl methyl sites for hydroxylation is 2. The summed E-state index contributed by atoms with van der Waals surface area (Å²) in [5, 5.41) is 11.4. The molecule has 0 aliphatic heterocycles. The predicted octanol–water partition coefficient (Wildman–Crippen LogP) is 4.34. The fraction of sp³-hybridized carbons (Fsp3) is 0.250. The van der Waals surface area contributed by atoms with E-state index in [-0.39, 0.29) is 11.5 Å². The molecule has 2 aromatic carbocycles. The molecule has 1 N–H and O–H groups in total. The molecular formula is C28H29N3O5S. The molecule has 8 nitrogen and oxygen atoms in total. The summed E-state index contributed by atoms with van der Waals surface area (Å²) in [4.78, 5) is 20.4. The second kappa shape index (κ2) is 11.1. The summed E-state index contributed by atoms with van der Waals surface area (Å²) in [6.45, 7) is 3.97. The van der Waals surface area contributed by atoms with Crippen LogP contribution in [0.15, 0.2) is 87.6 Å². The van der Waals surface area contributed by atoms with E-state index in [9.17, 15) is 18.3 Å². The maximum atomic E-state index is 13.7. The third-order valence-electron chi connectivity index (χ3n) is 6.19. The van der Waals surface area contributed by atoms with Gasteiger partial charge < -0.3 is 9.84 Å². The van der Waals surface area contributed by atoms with Gasteiger partial charge in [0.1, 0.15) is 5.82 Å².